The average Bonchev–Trinajstić information content (AvgIpc) is 3.15. The van der Waals surface area contributed by atoms with Crippen molar-refractivity contribution in [3.63, 3.8) is 0 Å². The van der Waals surface area contributed by atoms with Gasteiger partial charge in [0, 0.05) is 13.0 Å². The van der Waals surface area contributed by atoms with Crippen molar-refractivity contribution in [2.75, 3.05) is 11.5 Å². The largest absolute Gasteiger partial charge is 0.481 e. The zero-order valence-electron chi connectivity index (χ0n) is 22.3. The summed E-state index contributed by atoms with van der Waals surface area (Å²) in [4.78, 5) is 26.8. The molecule has 7 nitrogen and oxygen atoms in total. The van der Waals surface area contributed by atoms with Gasteiger partial charge in [-0.15, -0.1) is 0 Å². The molecular formula is C25H47BIN3O4. The zero-order valence-corrected chi connectivity index (χ0v) is 24.4. The number of amides is 2. The molecule has 0 spiro atoms. The first-order valence-corrected chi connectivity index (χ1v) is 15.2. The molecule has 0 aromatic carbocycles. The first kappa shape index (κ1) is 29.8. The van der Waals surface area contributed by atoms with Crippen molar-refractivity contribution in [2.24, 2.45) is 28.9 Å². The molecule has 4 aliphatic rings. The summed E-state index contributed by atoms with van der Waals surface area (Å²) in [6.45, 7) is 13.4. The van der Waals surface area contributed by atoms with Gasteiger partial charge in [-0.1, -0.05) is 70.1 Å². The predicted molar refractivity (Wildman–Crippen MR) is 147 cm³/mol. The van der Waals surface area contributed by atoms with Crippen LogP contribution in [-0.4, -0.2) is 54.1 Å². The summed E-state index contributed by atoms with van der Waals surface area (Å²) in [6.07, 6.45) is 6.45. The summed E-state index contributed by atoms with van der Waals surface area (Å²) in [5, 5.41) is 5.86. The lowest BCUT2D eigenvalue weighted by Gasteiger charge is -2.64. The first-order chi connectivity index (χ1) is 16.0. The maximum Gasteiger partial charge on any atom is 0.481 e. The van der Waals surface area contributed by atoms with Crippen LogP contribution in [0.15, 0.2) is 0 Å². The molecule has 1 saturated heterocycles. The van der Waals surface area contributed by atoms with Crippen LogP contribution in [0.5, 0.6) is 0 Å². The van der Waals surface area contributed by atoms with E-state index in [0.717, 1.165) is 32.1 Å². The topological polar surface area (TPSA) is 103 Å². The average molecular weight is 591 g/mol. The minimum Gasteiger partial charge on any atom is -0.404 e. The van der Waals surface area contributed by atoms with Crippen molar-refractivity contribution in [3.05, 3.63) is 0 Å². The second kappa shape index (κ2) is 12.7. The van der Waals surface area contributed by atoms with E-state index < -0.39 is 13.2 Å². The van der Waals surface area contributed by atoms with Crippen LogP contribution < -0.4 is 16.4 Å². The number of alkyl halides is 1. The first-order valence-electron chi connectivity index (χ1n) is 13.0. The Bertz CT molecular complexity index is 695. The highest BCUT2D eigenvalue weighted by Gasteiger charge is 2.68. The molecule has 2 bridgehead atoms. The lowest BCUT2D eigenvalue weighted by atomic mass is 9.43. The van der Waals surface area contributed by atoms with Crippen LogP contribution in [0.3, 0.4) is 0 Å². The lowest BCUT2D eigenvalue weighted by Crippen LogP contribution is -2.65. The van der Waals surface area contributed by atoms with Crippen molar-refractivity contribution >= 4 is 41.5 Å². The van der Waals surface area contributed by atoms with Crippen molar-refractivity contribution in [3.8, 4) is 0 Å². The quantitative estimate of drug-likeness (QED) is 0.147. The summed E-state index contributed by atoms with van der Waals surface area (Å²) in [5.41, 5.74) is 6.06. The number of hydrogen-bond donors (Lipinski definition) is 3. The monoisotopic (exact) mass is 591 g/mol. The zero-order chi connectivity index (χ0) is 25.7. The Morgan fingerprint density at radius 3 is 2.44 bits per heavy atom. The summed E-state index contributed by atoms with van der Waals surface area (Å²) < 4.78 is 13.0. The van der Waals surface area contributed by atoms with E-state index in [4.69, 9.17) is 15.0 Å². The van der Waals surface area contributed by atoms with Gasteiger partial charge in [-0.2, -0.15) is 0 Å². The maximum atomic E-state index is 12.8. The highest BCUT2D eigenvalue weighted by atomic mass is 127. The van der Waals surface area contributed by atoms with E-state index in [1.165, 1.54) is 6.42 Å². The molecule has 9 heteroatoms. The Morgan fingerprint density at radius 2 is 1.85 bits per heavy atom. The smallest absolute Gasteiger partial charge is 0.404 e. The van der Waals surface area contributed by atoms with Gasteiger partial charge >= 0.3 is 7.12 Å². The van der Waals surface area contributed by atoms with Gasteiger partial charge in [0.25, 0.3) is 0 Å². The standard InChI is InChI=1S/C24H44BN3O4.CH3I/c1-7-8-9-10-21(29)27-14-17(26)22(30)28-20(11-15(2)3)25-31-19-13-16-12-18(23(16,4)5)24(19,6)32-25;1-2/h15-20H,7-14,26H2,1-6H3,(H,27,29)(H,28,30);1H3/t16-,17-,18-,19+,20-,24-;/m0./s1. The van der Waals surface area contributed by atoms with Gasteiger partial charge in [-0.25, -0.2) is 0 Å². The van der Waals surface area contributed by atoms with Crippen molar-refractivity contribution in [1.82, 2.24) is 10.6 Å². The molecule has 0 radical (unpaired) electrons. The number of carbonyl (C=O) groups is 2. The van der Waals surface area contributed by atoms with E-state index in [9.17, 15) is 9.59 Å². The third kappa shape index (κ3) is 6.68. The SMILES string of the molecule is CCCCCC(=O)NC[C@H](N)C(=O)N[C@@H](CC(C)C)B1O[C@@H]2C[C@@H]3C[C@@H](C3(C)C)[C@]2(C)O1.CI. The Balaban J connectivity index is 0.00000199. The highest BCUT2D eigenvalue weighted by Crippen LogP contribution is 2.65. The maximum absolute atomic E-state index is 12.8. The Kier molecular flexibility index (Phi) is 11.2. The van der Waals surface area contributed by atoms with Crippen LogP contribution in [-0.2, 0) is 18.9 Å². The number of hydrogen-bond acceptors (Lipinski definition) is 5. The number of unbranched alkanes of at least 4 members (excludes halogenated alkanes) is 2. The van der Waals surface area contributed by atoms with Crippen LogP contribution in [0.2, 0.25) is 0 Å². The number of nitrogens with one attached hydrogen (secondary N) is 2. The predicted octanol–water partition coefficient (Wildman–Crippen LogP) is 3.86. The Morgan fingerprint density at radius 1 is 1.18 bits per heavy atom. The minimum absolute atomic E-state index is 0.0542. The molecule has 0 aromatic heterocycles. The van der Waals surface area contributed by atoms with E-state index in [-0.39, 0.29) is 41.4 Å². The molecule has 4 fully saturated rings. The number of halogens is 1. The molecule has 196 valence electrons. The molecule has 2 amide bonds. The Labute approximate surface area is 221 Å². The van der Waals surface area contributed by atoms with E-state index in [2.05, 4.69) is 74.8 Å². The molecule has 1 aliphatic heterocycles. The fourth-order valence-electron chi connectivity index (χ4n) is 6.05. The third-order valence-electron chi connectivity index (χ3n) is 8.21. The minimum atomic E-state index is -0.800. The summed E-state index contributed by atoms with van der Waals surface area (Å²) in [7, 11) is -0.470. The fourth-order valence-corrected chi connectivity index (χ4v) is 6.05. The number of nitrogens with two attached hydrogens (primary N) is 1. The second-order valence-corrected chi connectivity index (χ2v) is 11.4. The highest BCUT2D eigenvalue weighted by molar-refractivity contribution is 14.1. The van der Waals surface area contributed by atoms with Gasteiger partial charge in [-0.3, -0.25) is 9.59 Å². The van der Waals surface area contributed by atoms with Crippen LogP contribution in [0.25, 0.3) is 0 Å². The third-order valence-corrected chi connectivity index (χ3v) is 8.21. The van der Waals surface area contributed by atoms with E-state index in [1.54, 1.807) is 0 Å². The van der Waals surface area contributed by atoms with E-state index >= 15 is 0 Å². The van der Waals surface area contributed by atoms with Gasteiger partial charge in [0.1, 0.15) is 6.04 Å². The lowest BCUT2D eigenvalue weighted by molar-refractivity contribution is -0.199. The molecule has 3 saturated carbocycles. The van der Waals surface area contributed by atoms with Gasteiger partial charge in [0.2, 0.25) is 11.8 Å². The molecule has 1 heterocycles. The van der Waals surface area contributed by atoms with E-state index in [1.807, 2.05) is 4.93 Å². The van der Waals surface area contributed by atoms with Crippen LogP contribution in [0.4, 0.5) is 0 Å². The van der Waals surface area contributed by atoms with Gasteiger partial charge < -0.3 is 25.7 Å². The normalized spacial score (nSPS) is 30.4. The van der Waals surface area contributed by atoms with Crippen LogP contribution in [0, 0.1) is 23.2 Å². The van der Waals surface area contributed by atoms with Gasteiger partial charge in [-0.05, 0) is 60.7 Å². The summed E-state index contributed by atoms with van der Waals surface area (Å²) >= 11 is 2.15. The van der Waals surface area contributed by atoms with Crippen molar-refractivity contribution in [1.29, 1.82) is 0 Å². The Hall–Kier alpha value is -0.385. The molecule has 4 rings (SSSR count). The molecule has 0 unspecified atom stereocenters. The van der Waals surface area contributed by atoms with E-state index in [0.29, 0.717) is 24.2 Å². The van der Waals surface area contributed by atoms with Gasteiger partial charge in [0.05, 0.1) is 17.6 Å². The van der Waals surface area contributed by atoms with Crippen molar-refractivity contribution < 1.29 is 18.9 Å². The van der Waals surface area contributed by atoms with Crippen molar-refractivity contribution in [2.45, 2.75) is 110 Å². The summed E-state index contributed by atoms with van der Waals surface area (Å²) in [5.74, 6) is 0.923. The molecule has 4 N–H and O–H groups in total. The van der Waals surface area contributed by atoms with Crippen LogP contribution in [0.1, 0.15) is 86.5 Å². The second-order valence-electron chi connectivity index (χ2n) is 11.4. The molecule has 6 atom stereocenters. The molecule has 34 heavy (non-hydrogen) atoms. The van der Waals surface area contributed by atoms with Gasteiger partial charge in [0.15, 0.2) is 0 Å². The molecule has 3 aliphatic carbocycles. The molecular weight excluding hydrogens is 544 g/mol. The van der Waals surface area contributed by atoms with Crippen LogP contribution >= 0.6 is 22.6 Å². The summed E-state index contributed by atoms with van der Waals surface area (Å²) in [6, 6.07) is -0.800. The fraction of sp³-hybridized carbons (Fsp3) is 0.920. The molecule has 0 aromatic rings. The number of rotatable bonds is 11. The number of carbonyl (C=O) groups excluding carboxylic acids is 2.